The van der Waals surface area contributed by atoms with Gasteiger partial charge >= 0.3 is 0 Å². The summed E-state index contributed by atoms with van der Waals surface area (Å²) in [6.45, 7) is 0. The molecule has 20 heavy (non-hydrogen) atoms. The van der Waals surface area contributed by atoms with E-state index in [1.807, 2.05) is 0 Å². The molecule has 3 aromatic rings. The third-order valence-corrected chi connectivity index (χ3v) is 3.72. The average Bonchev–Trinajstić information content (AvgIpc) is 2.46. The molecule has 2 aromatic heterocycles. The zero-order chi connectivity index (χ0) is 14.3. The van der Waals surface area contributed by atoms with Crippen molar-refractivity contribution in [1.82, 2.24) is 9.97 Å². The molecule has 0 saturated carbocycles. The van der Waals surface area contributed by atoms with E-state index in [0.717, 1.165) is 0 Å². The minimum absolute atomic E-state index is 0.503. The van der Waals surface area contributed by atoms with Crippen molar-refractivity contribution >= 4 is 45.0 Å². The van der Waals surface area contributed by atoms with Gasteiger partial charge in [-0.25, -0.2) is 0 Å². The Morgan fingerprint density at radius 3 is 1.55 bits per heavy atom. The standard InChI is InChI=1S/C14H10Cl2N2O2/c1-19-13-9-7(15)3-5-17-11(9)12-10(14(13)20-2)8(16)4-6-18-12/h3-6H,1-2H3. The summed E-state index contributed by atoms with van der Waals surface area (Å²) in [5.74, 6) is 1.01. The second-order valence-electron chi connectivity index (χ2n) is 4.10. The molecule has 0 aliphatic carbocycles. The lowest BCUT2D eigenvalue weighted by Crippen LogP contribution is -1.97. The fourth-order valence-electron chi connectivity index (χ4n) is 2.28. The minimum atomic E-state index is 0.503. The molecule has 0 unspecified atom stereocenters. The molecule has 0 bridgehead atoms. The Balaban J connectivity index is 2.68. The van der Waals surface area contributed by atoms with E-state index in [2.05, 4.69) is 9.97 Å². The molecule has 3 rings (SSSR count). The maximum Gasteiger partial charge on any atom is 0.172 e. The molecular formula is C14H10Cl2N2O2. The fraction of sp³-hybridized carbons (Fsp3) is 0.143. The van der Waals surface area contributed by atoms with E-state index in [1.54, 1.807) is 38.7 Å². The second kappa shape index (κ2) is 4.96. The van der Waals surface area contributed by atoms with Gasteiger partial charge in [-0.3, -0.25) is 9.97 Å². The van der Waals surface area contributed by atoms with Crippen LogP contribution in [0.25, 0.3) is 21.8 Å². The van der Waals surface area contributed by atoms with E-state index < -0.39 is 0 Å². The van der Waals surface area contributed by atoms with E-state index in [4.69, 9.17) is 32.7 Å². The molecule has 1 aromatic carbocycles. The van der Waals surface area contributed by atoms with Gasteiger partial charge < -0.3 is 9.47 Å². The number of hydrogen-bond donors (Lipinski definition) is 0. The highest BCUT2D eigenvalue weighted by molar-refractivity contribution is 6.39. The molecule has 0 radical (unpaired) electrons. The van der Waals surface area contributed by atoms with E-state index in [-0.39, 0.29) is 0 Å². The Labute approximate surface area is 125 Å². The van der Waals surface area contributed by atoms with Crippen LogP contribution < -0.4 is 9.47 Å². The zero-order valence-corrected chi connectivity index (χ0v) is 12.3. The summed E-state index contributed by atoms with van der Waals surface area (Å²) in [5.41, 5.74) is 1.26. The summed E-state index contributed by atoms with van der Waals surface area (Å²) < 4.78 is 10.9. The molecule has 0 aliphatic rings. The summed E-state index contributed by atoms with van der Waals surface area (Å²) in [5, 5.41) is 2.37. The Hall–Kier alpha value is -1.78. The molecule has 6 heteroatoms. The van der Waals surface area contributed by atoms with Crippen LogP contribution in [-0.4, -0.2) is 24.2 Å². The van der Waals surface area contributed by atoms with Crippen LogP contribution in [0.5, 0.6) is 11.5 Å². The molecule has 102 valence electrons. The van der Waals surface area contributed by atoms with Gasteiger partial charge in [0.15, 0.2) is 11.5 Å². The van der Waals surface area contributed by atoms with Crippen LogP contribution >= 0.6 is 23.2 Å². The molecular weight excluding hydrogens is 299 g/mol. The first-order chi connectivity index (χ1) is 9.69. The maximum absolute atomic E-state index is 6.27. The number of nitrogens with zero attached hydrogens (tertiary/aromatic N) is 2. The number of ether oxygens (including phenoxy) is 2. The van der Waals surface area contributed by atoms with Gasteiger partial charge in [0.05, 0.1) is 35.0 Å². The number of methoxy groups -OCH3 is 2. The maximum atomic E-state index is 6.27. The summed E-state index contributed by atoms with van der Waals surface area (Å²) in [6, 6.07) is 3.39. The van der Waals surface area contributed by atoms with E-state index >= 15 is 0 Å². The van der Waals surface area contributed by atoms with Gasteiger partial charge in [0.1, 0.15) is 11.0 Å². The van der Waals surface area contributed by atoms with Crippen LogP contribution in [0.3, 0.4) is 0 Å². The minimum Gasteiger partial charge on any atom is -0.492 e. The lowest BCUT2D eigenvalue weighted by Gasteiger charge is -2.15. The SMILES string of the molecule is COc1c(OC)c2c(Cl)ccnc2c2nccc(Cl)c12. The molecule has 0 saturated heterocycles. The Bertz CT molecular complexity index is 752. The first-order valence-electron chi connectivity index (χ1n) is 5.81. The van der Waals surface area contributed by atoms with E-state index in [9.17, 15) is 0 Å². The molecule has 0 N–H and O–H groups in total. The average molecular weight is 309 g/mol. The summed E-state index contributed by atoms with van der Waals surface area (Å²) in [6.07, 6.45) is 3.25. The predicted octanol–water partition coefficient (Wildman–Crippen LogP) is 4.11. The molecule has 0 atom stereocenters. The van der Waals surface area contributed by atoms with Gasteiger partial charge in [-0.05, 0) is 12.1 Å². The lowest BCUT2D eigenvalue weighted by atomic mass is 10.1. The van der Waals surface area contributed by atoms with Gasteiger partial charge in [-0.1, -0.05) is 23.2 Å². The highest BCUT2D eigenvalue weighted by atomic mass is 35.5. The van der Waals surface area contributed by atoms with Crippen molar-refractivity contribution in [2.24, 2.45) is 0 Å². The van der Waals surface area contributed by atoms with Crippen LogP contribution in [0.15, 0.2) is 24.5 Å². The highest BCUT2D eigenvalue weighted by Gasteiger charge is 2.21. The third-order valence-electron chi connectivity index (χ3n) is 3.09. The van der Waals surface area contributed by atoms with Crippen molar-refractivity contribution in [3.8, 4) is 11.5 Å². The van der Waals surface area contributed by atoms with Crippen molar-refractivity contribution < 1.29 is 9.47 Å². The van der Waals surface area contributed by atoms with E-state index in [1.165, 1.54) is 0 Å². The summed E-state index contributed by atoms with van der Waals surface area (Å²) in [4.78, 5) is 8.71. The van der Waals surface area contributed by atoms with Gasteiger partial charge in [0, 0.05) is 12.4 Å². The Kier molecular flexibility index (Phi) is 3.28. The first-order valence-corrected chi connectivity index (χ1v) is 6.57. The highest BCUT2D eigenvalue weighted by Crippen LogP contribution is 2.46. The number of halogens is 2. The number of hydrogen-bond acceptors (Lipinski definition) is 4. The van der Waals surface area contributed by atoms with Gasteiger partial charge in [-0.15, -0.1) is 0 Å². The van der Waals surface area contributed by atoms with Crippen molar-refractivity contribution in [3.63, 3.8) is 0 Å². The first kappa shape index (κ1) is 13.2. The van der Waals surface area contributed by atoms with Crippen molar-refractivity contribution in [1.29, 1.82) is 0 Å². The quantitative estimate of drug-likeness (QED) is 0.668. The predicted molar refractivity (Wildman–Crippen MR) is 80.2 cm³/mol. The van der Waals surface area contributed by atoms with Crippen molar-refractivity contribution in [2.45, 2.75) is 0 Å². The number of aromatic nitrogens is 2. The molecule has 0 amide bonds. The molecule has 4 nitrogen and oxygen atoms in total. The molecule has 0 fully saturated rings. The fourth-order valence-corrected chi connectivity index (χ4v) is 2.75. The summed E-state index contributed by atoms with van der Waals surface area (Å²) in [7, 11) is 3.10. The van der Waals surface area contributed by atoms with Crippen LogP contribution in [0.1, 0.15) is 0 Å². The zero-order valence-electron chi connectivity index (χ0n) is 10.8. The van der Waals surface area contributed by atoms with Gasteiger partial charge in [0.25, 0.3) is 0 Å². The van der Waals surface area contributed by atoms with Crippen LogP contribution in [0.2, 0.25) is 10.0 Å². The Morgan fingerprint density at radius 2 is 1.20 bits per heavy atom. The Morgan fingerprint density at radius 1 is 0.800 bits per heavy atom. The normalized spacial score (nSPS) is 11.0. The number of pyridine rings is 2. The monoisotopic (exact) mass is 308 g/mol. The molecule has 2 heterocycles. The van der Waals surface area contributed by atoms with Crippen molar-refractivity contribution in [3.05, 3.63) is 34.6 Å². The number of fused-ring (bicyclic) bond motifs is 3. The molecule has 0 spiro atoms. The second-order valence-corrected chi connectivity index (χ2v) is 4.91. The van der Waals surface area contributed by atoms with Gasteiger partial charge in [0.2, 0.25) is 0 Å². The van der Waals surface area contributed by atoms with Crippen LogP contribution in [0, 0.1) is 0 Å². The van der Waals surface area contributed by atoms with Crippen molar-refractivity contribution in [2.75, 3.05) is 14.2 Å². The third kappa shape index (κ3) is 1.76. The lowest BCUT2D eigenvalue weighted by molar-refractivity contribution is 0.362. The van der Waals surface area contributed by atoms with E-state index in [0.29, 0.717) is 43.4 Å². The number of rotatable bonds is 2. The molecule has 0 aliphatic heterocycles. The van der Waals surface area contributed by atoms with Crippen LogP contribution in [0.4, 0.5) is 0 Å². The largest absolute Gasteiger partial charge is 0.492 e. The summed E-state index contributed by atoms with van der Waals surface area (Å²) >= 11 is 12.5. The number of benzene rings is 1. The smallest absolute Gasteiger partial charge is 0.172 e. The topological polar surface area (TPSA) is 44.2 Å². The van der Waals surface area contributed by atoms with Gasteiger partial charge in [-0.2, -0.15) is 0 Å². The van der Waals surface area contributed by atoms with Crippen LogP contribution in [-0.2, 0) is 0 Å².